The number of amides is 1. The summed E-state index contributed by atoms with van der Waals surface area (Å²) in [5.74, 6) is 1.00. The number of ether oxygens (including phenoxy) is 1. The van der Waals surface area contributed by atoms with Crippen LogP contribution in [0.2, 0.25) is 0 Å². The summed E-state index contributed by atoms with van der Waals surface area (Å²) in [6.07, 6.45) is 2.14. The molecule has 3 unspecified atom stereocenters. The maximum atomic E-state index is 12.8. The molecular formula is C22H32N2O2. The first-order valence-electron chi connectivity index (χ1n) is 9.51. The second-order valence-corrected chi connectivity index (χ2v) is 7.35. The Morgan fingerprint density at radius 3 is 2.38 bits per heavy atom. The van der Waals surface area contributed by atoms with Crippen LogP contribution in [-0.2, 0) is 4.79 Å². The van der Waals surface area contributed by atoms with E-state index in [0.29, 0.717) is 5.92 Å². The van der Waals surface area contributed by atoms with E-state index in [4.69, 9.17) is 10.5 Å². The fourth-order valence-electron chi connectivity index (χ4n) is 3.51. The molecule has 0 aliphatic heterocycles. The molecule has 0 bridgehead atoms. The molecule has 0 aliphatic rings. The first-order valence-corrected chi connectivity index (χ1v) is 9.51. The molecule has 0 radical (unpaired) electrons. The molecule has 4 heteroatoms. The molecule has 3 N–H and O–H groups in total. The first-order chi connectivity index (χ1) is 12.4. The summed E-state index contributed by atoms with van der Waals surface area (Å²) < 4.78 is 5.27. The van der Waals surface area contributed by atoms with Crippen molar-refractivity contribution in [2.75, 3.05) is 7.11 Å². The molecule has 2 aromatic carbocycles. The highest BCUT2D eigenvalue weighted by molar-refractivity contribution is 5.88. The largest absolute Gasteiger partial charge is 0.497 e. The van der Waals surface area contributed by atoms with E-state index in [-0.39, 0.29) is 23.9 Å². The summed E-state index contributed by atoms with van der Waals surface area (Å²) in [6.45, 7) is 8.23. The van der Waals surface area contributed by atoms with E-state index in [1.54, 1.807) is 7.11 Å². The van der Waals surface area contributed by atoms with Gasteiger partial charge in [0.15, 0.2) is 0 Å². The van der Waals surface area contributed by atoms with E-state index >= 15 is 0 Å². The molecule has 26 heavy (non-hydrogen) atoms. The van der Waals surface area contributed by atoms with Crippen molar-refractivity contribution >= 4 is 16.7 Å². The molecule has 4 atom stereocenters. The molecule has 0 spiro atoms. The SMILES string of the molecule is CCCC(C)C(NC(=O)[C@@H](C)c1ccc2cc(OC)ccc2c1)C(C)N. The zero-order chi connectivity index (χ0) is 19.3. The minimum Gasteiger partial charge on any atom is -0.497 e. The van der Waals surface area contributed by atoms with Crippen molar-refractivity contribution in [2.45, 2.75) is 58.5 Å². The van der Waals surface area contributed by atoms with E-state index < -0.39 is 0 Å². The Labute approximate surface area is 157 Å². The van der Waals surface area contributed by atoms with Crippen molar-refractivity contribution in [3.8, 4) is 5.75 Å². The average Bonchev–Trinajstić information content (AvgIpc) is 2.64. The van der Waals surface area contributed by atoms with Gasteiger partial charge >= 0.3 is 0 Å². The molecule has 0 aromatic heterocycles. The summed E-state index contributed by atoms with van der Waals surface area (Å²) in [5.41, 5.74) is 7.14. The van der Waals surface area contributed by atoms with Gasteiger partial charge in [-0.3, -0.25) is 4.79 Å². The highest BCUT2D eigenvalue weighted by Gasteiger charge is 2.25. The molecule has 142 valence electrons. The van der Waals surface area contributed by atoms with E-state index in [1.165, 1.54) is 0 Å². The molecule has 1 amide bonds. The third-order valence-corrected chi connectivity index (χ3v) is 5.20. The lowest BCUT2D eigenvalue weighted by Crippen LogP contribution is -2.50. The monoisotopic (exact) mass is 356 g/mol. The average molecular weight is 357 g/mol. The van der Waals surface area contributed by atoms with Gasteiger partial charge in [-0.15, -0.1) is 0 Å². The Morgan fingerprint density at radius 2 is 1.77 bits per heavy atom. The maximum absolute atomic E-state index is 12.8. The van der Waals surface area contributed by atoms with Gasteiger partial charge in [0.05, 0.1) is 13.0 Å². The molecule has 0 saturated heterocycles. The van der Waals surface area contributed by atoms with Crippen molar-refractivity contribution in [2.24, 2.45) is 11.7 Å². The van der Waals surface area contributed by atoms with Crippen LogP contribution in [-0.4, -0.2) is 25.1 Å². The number of rotatable bonds is 8. The molecule has 2 aromatic rings. The third-order valence-electron chi connectivity index (χ3n) is 5.20. The van der Waals surface area contributed by atoms with E-state index in [1.807, 2.05) is 44.2 Å². The Balaban J connectivity index is 2.17. The second-order valence-electron chi connectivity index (χ2n) is 7.35. The summed E-state index contributed by atoms with van der Waals surface area (Å²) in [5, 5.41) is 5.39. The van der Waals surface area contributed by atoms with Crippen molar-refractivity contribution in [3.63, 3.8) is 0 Å². The number of nitrogens with one attached hydrogen (secondary N) is 1. The lowest BCUT2D eigenvalue weighted by Gasteiger charge is -2.29. The lowest BCUT2D eigenvalue weighted by atomic mass is 9.90. The van der Waals surface area contributed by atoms with Gasteiger partial charge < -0.3 is 15.8 Å². The molecular weight excluding hydrogens is 324 g/mol. The van der Waals surface area contributed by atoms with Gasteiger partial charge in [-0.05, 0) is 54.7 Å². The molecule has 2 rings (SSSR count). The summed E-state index contributed by atoms with van der Waals surface area (Å²) in [6, 6.07) is 12.0. The van der Waals surface area contributed by atoms with Gasteiger partial charge in [0.1, 0.15) is 5.75 Å². The summed E-state index contributed by atoms with van der Waals surface area (Å²) in [4.78, 5) is 12.8. The van der Waals surface area contributed by atoms with Crippen molar-refractivity contribution in [1.29, 1.82) is 0 Å². The van der Waals surface area contributed by atoms with Gasteiger partial charge in [-0.25, -0.2) is 0 Å². The van der Waals surface area contributed by atoms with Crippen LogP contribution in [0.5, 0.6) is 5.75 Å². The van der Waals surface area contributed by atoms with Crippen molar-refractivity contribution in [3.05, 3.63) is 42.0 Å². The standard InChI is InChI=1S/C22H32N2O2/c1-6-7-14(2)21(16(4)23)24-22(25)15(3)17-8-9-19-13-20(26-5)11-10-18(19)12-17/h8-16,21H,6-7,23H2,1-5H3,(H,24,25)/t14?,15-,16?,21?/m0/s1. The van der Waals surface area contributed by atoms with E-state index in [0.717, 1.165) is 34.9 Å². The number of methoxy groups -OCH3 is 1. The van der Waals surface area contributed by atoms with Crippen molar-refractivity contribution in [1.82, 2.24) is 5.32 Å². The molecule has 0 aliphatic carbocycles. The van der Waals surface area contributed by atoms with Gasteiger partial charge in [0.2, 0.25) is 5.91 Å². The number of fused-ring (bicyclic) bond motifs is 1. The number of nitrogens with two attached hydrogens (primary N) is 1. The topological polar surface area (TPSA) is 64.3 Å². The normalized spacial score (nSPS) is 15.9. The second kappa shape index (κ2) is 9.04. The number of carbonyl (C=O) groups is 1. The fraction of sp³-hybridized carbons (Fsp3) is 0.500. The molecule has 0 saturated carbocycles. The van der Waals surface area contributed by atoms with Crippen molar-refractivity contribution < 1.29 is 9.53 Å². The summed E-state index contributed by atoms with van der Waals surface area (Å²) >= 11 is 0. The number of carbonyl (C=O) groups excluding carboxylic acids is 1. The van der Waals surface area contributed by atoms with Crippen LogP contribution in [0.4, 0.5) is 0 Å². The Kier molecular flexibility index (Phi) is 7.04. The highest BCUT2D eigenvalue weighted by Crippen LogP contribution is 2.25. The van der Waals surface area contributed by atoms with Crippen LogP contribution in [0.15, 0.2) is 36.4 Å². The Morgan fingerprint density at radius 1 is 1.12 bits per heavy atom. The lowest BCUT2D eigenvalue weighted by molar-refractivity contribution is -0.123. The minimum atomic E-state index is -0.225. The first kappa shape index (κ1) is 20.2. The zero-order valence-electron chi connectivity index (χ0n) is 16.6. The summed E-state index contributed by atoms with van der Waals surface area (Å²) in [7, 11) is 1.66. The van der Waals surface area contributed by atoms with Gasteiger partial charge in [-0.1, -0.05) is 44.5 Å². The maximum Gasteiger partial charge on any atom is 0.227 e. The van der Waals surface area contributed by atoms with E-state index in [9.17, 15) is 4.79 Å². The minimum absolute atomic E-state index is 0.00498. The third kappa shape index (κ3) is 4.76. The Hall–Kier alpha value is -2.07. The van der Waals surface area contributed by atoms with Crippen LogP contribution in [0.3, 0.4) is 0 Å². The van der Waals surface area contributed by atoms with Gasteiger partial charge in [-0.2, -0.15) is 0 Å². The van der Waals surface area contributed by atoms with Gasteiger partial charge in [0.25, 0.3) is 0 Å². The number of hydrogen-bond acceptors (Lipinski definition) is 3. The number of hydrogen-bond donors (Lipinski definition) is 2. The molecule has 0 heterocycles. The number of benzene rings is 2. The van der Waals surface area contributed by atoms with Crippen LogP contribution in [0, 0.1) is 5.92 Å². The van der Waals surface area contributed by atoms with Crippen LogP contribution >= 0.6 is 0 Å². The quantitative estimate of drug-likeness (QED) is 0.744. The van der Waals surface area contributed by atoms with Crippen LogP contribution in [0.25, 0.3) is 10.8 Å². The molecule has 4 nitrogen and oxygen atoms in total. The van der Waals surface area contributed by atoms with Crippen LogP contribution < -0.4 is 15.8 Å². The fourth-order valence-corrected chi connectivity index (χ4v) is 3.51. The Bertz CT molecular complexity index is 742. The van der Waals surface area contributed by atoms with Crippen LogP contribution in [0.1, 0.15) is 52.0 Å². The predicted molar refractivity (Wildman–Crippen MR) is 109 cm³/mol. The molecule has 0 fully saturated rings. The van der Waals surface area contributed by atoms with Gasteiger partial charge in [0, 0.05) is 12.1 Å². The highest BCUT2D eigenvalue weighted by atomic mass is 16.5. The smallest absolute Gasteiger partial charge is 0.227 e. The predicted octanol–water partition coefficient (Wildman–Crippen LogP) is 4.22. The van der Waals surface area contributed by atoms with E-state index in [2.05, 4.69) is 25.2 Å². The zero-order valence-corrected chi connectivity index (χ0v) is 16.6.